The van der Waals surface area contributed by atoms with Gasteiger partial charge in [0, 0.05) is 17.6 Å². The molecule has 15 heavy (non-hydrogen) atoms. The molecule has 4 heteroatoms. The van der Waals surface area contributed by atoms with Crippen LogP contribution in [0.5, 0.6) is 0 Å². The van der Waals surface area contributed by atoms with Gasteiger partial charge in [0.25, 0.3) is 0 Å². The van der Waals surface area contributed by atoms with Gasteiger partial charge in [0.1, 0.15) is 5.54 Å². The van der Waals surface area contributed by atoms with E-state index < -0.39 is 11.5 Å². The molecule has 0 heterocycles. The minimum Gasteiger partial charge on any atom is -0.480 e. The number of likely N-dealkylation sites (N-methyl/N-ethyl adjacent to an activating group) is 1. The Hall–Kier alpha value is -1.16. The molecule has 0 aromatic heterocycles. The average Bonchev–Trinajstić information content (AvgIpc) is 2.17. The van der Waals surface area contributed by atoms with Crippen molar-refractivity contribution in [2.45, 2.75) is 24.3 Å². The third-order valence-electron chi connectivity index (χ3n) is 2.60. The topological polar surface area (TPSA) is 40.5 Å². The highest BCUT2D eigenvalue weighted by Crippen LogP contribution is 2.23. The van der Waals surface area contributed by atoms with Crippen LogP contribution in [0.4, 0.5) is 5.69 Å². The van der Waals surface area contributed by atoms with Gasteiger partial charge in [-0.3, -0.25) is 0 Å². The summed E-state index contributed by atoms with van der Waals surface area (Å²) in [5, 5.41) is 9.07. The summed E-state index contributed by atoms with van der Waals surface area (Å²) in [6, 6.07) is 7.39. The van der Waals surface area contributed by atoms with E-state index in [1.807, 2.05) is 24.3 Å². The van der Waals surface area contributed by atoms with Crippen LogP contribution in [0.25, 0.3) is 0 Å². The van der Waals surface area contributed by atoms with Crippen molar-refractivity contribution < 1.29 is 9.90 Å². The number of carbonyl (C=O) groups is 1. The number of nitrogens with zero attached hydrogens (tertiary/aromatic N) is 1. The van der Waals surface area contributed by atoms with Gasteiger partial charge in [-0.15, -0.1) is 12.6 Å². The molecule has 1 aromatic carbocycles. The Kier molecular flexibility index (Phi) is 3.29. The van der Waals surface area contributed by atoms with Crippen molar-refractivity contribution in [1.29, 1.82) is 0 Å². The minimum absolute atomic E-state index is 0.847. The summed E-state index contributed by atoms with van der Waals surface area (Å²) in [6.07, 6.45) is 0. The lowest BCUT2D eigenvalue weighted by Crippen LogP contribution is -2.48. The third kappa shape index (κ3) is 2.45. The molecule has 0 atom stereocenters. The summed E-state index contributed by atoms with van der Waals surface area (Å²) in [4.78, 5) is 13.6. The number of hydrogen-bond donors (Lipinski definition) is 2. The van der Waals surface area contributed by atoms with Crippen molar-refractivity contribution in [3.8, 4) is 0 Å². The molecule has 82 valence electrons. The first-order valence-electron chi connectivity index (χ1n) is 4.62. The number of hydrogen-bond acceptors (Lipinski definition) is 3. The van der Waals surface area contributed by atoms with Gasteiger partial charge in [0.2, 0.25) is 0 Å². The lowest BCUT2D eigenvalue weighted by Gasteiger charge is -2.33. The molecule has 0 unspecified atom stereocenters. The van der Waals surface area contributed by atoms with Crippen molar-refractivity contribution in [2.24, 2.45) is 0 Å². The SMILES string of the molecule is CN(c1ccc(S)cc1)C(C)(C)C(=O)O. The Morgan fingerprint density at radius 3 is 2.20 bits per heavy atom. The van der Waals surface area contributed by atoms with E-state index in [1.54, 1.807) is 25.8 Å². The first-order chi connectivity index (χ1) is 6.85. The van der Waals surface area contributed by atoms with Crippen LogP contribution < -0.4 is 4.90 Å². The van der Waals surface area contributed by atoms with E-state index in [-0.39, 0.29) is 0 Å². The largest absolute Gasteiger partial charge is 0.480 e. The van der Waals surface area contributed by atoms with Gasteiger partial charge in [0.15, 0.2) is 0 Å². The van der Waals surface area contributed by atoms with E-state index in [9.17, 15) is 4.79 Å². The fraction of sp³-hybridized carbons (Fsp3) is 0.364. The molecule has 0 aliphatic carbocycles. The first-order valence-corrected chi connectivity index (χ1v) is 5.06. The van der Waals surface area contributed by atoms with Crippen LogP contribution in [0.3, 0.4) is 0 Å². The maximum absolute atomic E-state index is 11.0. The molecule has 0 radical (unpaired) electrons. The molecule has 0 saturated heterocycles. The van der Waals surface area contributed by atoms with Crippen LogP contribution in [0.1, 0.15) is 13.8 Å². The number of carboxylic acid groups (broad SMARTS) is 1. The van der Waals surface area contributed by atoms with Crippen LogP contribution in [-0.4, -0.2) is 23.7 Å². The number of rotatable bonds is 3. The number of carboxylic acids is 1. The number of anilines is 1. The zero-order valence-corrected chi connectivity index (χ0v) is 9.95. The van der Waals surface area contributed by atoms with Crippen LogP contribution >= 0.6 is 12.6 Å². The Labute approximate surface area is 95.1 Å². The van der Waals surface area contributed by atoms with Crippen molar-refractivity contribution in [1.82, 2.24) is 0 Å². The maximum Gasteiger partial charge on any atom is 0.328 e. The Bertz CT molecular complexity index is 359. The third-order valence-corrected chi connectivity index (χ3v) is 2.90. The summed E-state index contributed by atoms with van der Waals surface area (Å²) in [5.41, 5.74) is -0.0572. The van der Waals surface area contributed by atoms with Crippen LogP contribution in [0.2, 0.25) is 0 Å². The highest BCUT2D eigenvalue weighted by molar-refractivity contribution is 7.80. The van der Waals surface area contributed by atoms with E-state index >= 15 is 0 Å². The molecule has 1 rings (SSSR count). The Morgan fingerprint density at radius 2 is 1.80 bits per heavy atom. The quantitative estimate of drug-likeness (QED) is 0.775. The lowest BCUT2D eigenvalue weighted by atomic mass is 10.0. The molecule has 0 saturated carbocycles. The van der Waals surface area contributed by atoms with E-state index in [0.717, 1.165) is 10.6 Å². The standard InChI is InChI=1S/C11H15NO2S/c1-11(2,10(13)14)12(3)8-4-6-9(15)7-5-8/h4-7,15H,1-3H3,(H,13,14). The second-order valence-corrected chi connectivity index (χ2v) is 4.46. The Morgan fingerprint density at radius 1 is 1.33 bits per heavy atom. The minimum atomic E-state index is -0.919. The van der Waals surface area contributed by atoms with Crippen molar-refractivity contribution in [3.63, 3.8) is 0 Å². The molecule has 1 aromatic rings. The predicted octanol–water partition coefficient (Wildman–Crippen LogP) is 2.27. The number of aliphatic carboxylic acids is 1. The van der Waals surface area contributed by atoms with Gasteiger partial charge in [-0.25, -0.2) is 4.79 Å². The van der Waals surface area contributed by atoms with Crippen LogP contribution in [-0.2, 0) is 4.79 Å². The zero-order valence-electron chi connectivity index (χ0n) is 9.06. The fourth-order valence-electron chi connectivity index (χ4n) is 1.14. The number of benzene rings is 1. The monoisotopic (exact) mass is 225 g/mol. The smallest absolute Gasteiger partial charge is 0.328 e. The average molecular weight is 225 g/mol. The predicted molar refractivity (Wildman–Crippen MR) is 63.8 cm³/mol. The van der Waals surface area contributed by atoms with Crippen LogP contribution in [0.15, 0.2) is 29.2 Å². The van der Waals surface area contributed by atoms with E-state index in [0.29, 0.717) is 0 Å². The highest BCUT2D eigenvalue weighted by atomic mass is 32.1. The van der Waals surface area contributed by atoms with E-state index in [4.69, 9.17) is 5.11 Å². The molecule has 0 aliphatic rings. The molecule has 0 aliphatic heterocycles. The molecular formula is C11H15NO2S. The summed E-state index contributed by atoms with van der Waals surface area (Å²) in [7, 11) is 1.77. The molecule has 0 fully saturated rings. The van der Waals surface area contributed by atoms with Crippen molar-refractivity contribution >= 4 is 24.3 Å². The van der Waals surface area contributed by atoms with E-state index in [2.05, 4.69) is 12.6 Å². The molecular weight excluding hydrogens is 210 g/mol. The second-order valence-electron chi connectivity index (χ2n) is 3.94. The van der Waals surface area contributed by atoms with Crippen molar-refractivity contribution in [2.75, 3.05) is 11.9 Å². The normalized spacial score (nSPS) is 11.2. The molecule has 0 spiro atoms. The number of thiol groups is 1. The summed E-state index contributed by atoms with van der Waals surface area (Å²) >= 11 is 4.18. The maximum atomic E-state index is 11.0. The second kappa shape index (κ2) is 4.14. The molecule has 3 nitrogen and oxygen atoms in total. The van der Waals surface area contributed by atoms with Gasteiger partial charge in [-0.05, 0) is 38.1 Å². The zero-order chi connectivity index (χ0) is 11.6. The summed E-state index contributed by atoms with van der Waals surface area (Å²) in [5.74, 6) is -0.847. The van der Waals surface area contributed by atoms with Gasteiger partial charge in [-0.1, -0.05) is 0 Å². The summed E-state index contributed by atoms with van der Waals surface area (Å²) < 4.78 is 0. The summed E-state index contributed by atoms with van der Waals surface area (Å²) in [6.45, 7) is 3.34. The lowest BCUT2D eigenvalue weighted by molar-refractivity contribution is -0.142. The molecule has 0 bridgehead atoms. The van der Waals surface area contributed by atoms with Gasteiger partial charge in [-0.2, -0.15) is 0 Å². The highest BCUT2D eigenvalue weighted by Gasteiger charge is 2.32. The van der Waals surface area contributed by atoms with Gasteiger partial charge < -0.3 is 10.0 Å². The first kappa shape index (κ1) is 11.9. The van der Waals surface area contributed by atoms with Crippen LogP contribution in [0, 0.1) is 0 Å². The fourth-order valence-corrected chi connectivity index (χ4v) is 1.29. The Balaban J connectivity index is 2.99. The van der Waals surface area contributed by atoms with Gasteiger partial charge in [0.05, 0.1) is 0 Å². The van der Waals surface area contributed by atoms with E-state index in [1.165, 1.54) is 0 Å². The van der Waals surface area contributed by atoms with Crippen molar-refractivity contribution in [3.05, 3.63) is 24.3 Å². The molecule has 0 amide bonds. The van der Waals surface area contributed by atoms with Gasteiger partial charge >= 0.3 is 5.97 Å². The molecule has 1 N–H and O–H groups in total.